The van der Waals surface area contributed by atoms with Crippen LogP contribution in [0.3, 0.4) is 0 Å². The van der Waals surface area contributed by atoms with Gasteiger partial charge in [-0.2, -0.15) is 13.1 Å². The Morgan fingerprint density at radius 3 is 1.80 bits per heavy atom. The standard InChI is InChI=1S/C4H12N2O3S/c1-4(2,3)5-10(8,9)6-7/h5-7H,1-3H3. The summed E-state index contributed by atoms with van der Waals surface area (Å²) in [5.74, 6) is 0. The molecule has 62 valence electrons. The van der Waals surface area contributed by atoms with Gasteiger partial charge in [-0.1, -0.05) is 4.89 Å². The van der Waals surface area contributed by atoms with E-state index in [1.807, 2.05) is 0 Å². The van der Waals surface area contributed by atoms with E-state index in [0.717, 1.165) is 4.89 Å². The van der Waals surface area contributed by atoms with Gasteiger partial charge >= 0.3 is 0 Å². The highest BCUT2D eigenvalue weighted by Crippen LogP contribution is 1.99. The van der Waals surface area contributed by atoms with Crippen molar-refractivity contribution in [2.45, 2.75) is 26.3 Å². The van der Waals surface area contributed by atoms with Crippen molar-refractivity contribution >= 4 is 10.2 Å². The Balaban J connectivity index is 4.18. The molecular formula is C4H12N2O3S. The Kier molecular flexibility index (Phi) is 2.78. The molecule has 0 saturated heterocycles. The van der Waals surface area contributed by atoms with E-state index >= 15 is 0 Å². The van der Waals surface area contributed by atoms with Crippen LogP contribution >= 0.6 is 0 Å². The quantitative estimate of drug-likeness (QED) is 0.491. The van der Waals surface area contributed by atoms with E-state index in [4.69, 9.17) is 5.21 Å². The van der Waals surface area contributed by atoms with Gasteiger partial charge in [-0.3, -0.25) is 0 Å². The predicted octanol–water partition coefficient (Wildman–Crippen LogP) is -0.402. The lowest BCUT2D eigenvalue weighted by molar-refractivity contribution is 0.238. The van der Waals surface area contributed by atoms with Crippen LogP contribution in [-0.4, -0.2) is 19.2 Å². The highest BCUT2D eigenvalue weighted by molar-refractivity contribution is 7.87. The smallest absolute Gasteiger partial charge is 0.299 e. The summed E-state index contributed by atoms with van der Waals surface area (Å²) in [5.41, 5.74) is -0.575. The maximum absolute atomic E-state index is 10.5. The van der Waals surface area contributed by atoms with Crippen molar-refractivity contribution < 1.29 is 13.6 Å². The van der Waals surface area contributed by atoms with Crippen molar-refractivity contribution in [1.82, 2.24) is 9.61 Å². The molecule has 0 spiro atoms. The molecule has 10 heavy (non-hydrogen) atoms. The van der Waals surface area contributed by atoms with Gasteiger partial charge in [0, 0.05) is 5.54 Å². The van der Waals surface area contributed by atoms with Gasteiger partial charge in [-0.05, 0) is 20.8 Å². The topological polar surface area (TPSA) is 78.4 Å². The lowest BCUT2D eigenvalue weighted by Gasteiger charge is -2.18. The Morgan fingerprint density at radius 1 is 1.30 bits per heavy atom. The van der Waals surface area contributed by atoms with E-state index in [1.165, 1.54) is 0 Å². The molecule has 0 unspecified atom stereocenters. The lowest BCUT2D eigenvalue weighted by Crippen LogP contribution is -2.45. The first-order valence-corrected chi connectivity index (χ1v) is 4.20. The molecule has 0 heterocycles. The van der Waals surface area contributed by atoms with Crippen LogP contribution in [0.25, 0.3) is 0 Å². The summed E-state index contributed by atoms with van der Waals surface area (Å²) in [6, 6.07) is 0. The highest BCUT2D eigenvalue weighted by Gasteiger charge is 2.18. The Labute approximate surface area is 60.6 Å². The van der Waals surface area contributed by atoms with E-state index in [0.29, 0.717) is 0 Å². The molecule has 0 fully saturated rings. The average molecular weight is 168 g/mol. The van der Waals surface area contributed by atoms with Crippen LogP contribution in [-0.2, 0) is 10.2 Å². The monoisotopic (exact) mass is 168 g/mol. The molecule has 0 atom stereocenters. The van der Waals surface area contributed by atoms with Crippen LogP contribution in [0.5, 0.6) is 0 Å². The van der Waals surface area contributed by atoms with E-state index in [-0.39, 0.29) is 0 Å². The highest BCUT2D eigenvalue weighted by atomic mass is 32.2. The molecule has 0 amide bonds. The van der Waals surface area contributed by atoms with Crippen LogP contribution in [0.1, 0.15) is 20.8 Å². The second-order valence-corrected chi connectivity index (χ2v) is 4.34. The van der Waals surface area contributed by atoms with Crippen LogP contribution in [0.4, 0.5) is 0 Å². The fraction of sp³-hybridized carbons (Fsp3) is 1.00. The van der Waals surface area contributed by atoms with Gasteiger partial charge in [0.05, 0.1) is 0 Å². The summed E-state index contributed by atoms with van der Waals surface area (Å²) >= 11 is 0. The molecule has 6 heteroatoms. The normalized spacial score (nSPS) is 13.6. The molecule has 0 rings (SSSR count). The first-order chi connectivity index (χ1) is 4.27. The molecule has 0 bridgehead atoms. The van der Waals surface area contributed by atoms with E-state index in [1.54, 1.807) is 20.8 Å². The zero-order valence-electron chi connectivity index (χ0n) is 6.17. The molecule has 0 aromatic carbocycles. The van der Waals surface area contributed by atoms with Gasteiger partial charge in [0.1, 0.15) is 0 Å². The fourth-order valence-corrected chi connectivity index (χ4v) is 1.28. The van der Waals surface area contributed by atoms with E-state index < -0.39 is 15.7 Å². The van der Waals surface area contributed by atoms with Gasteiger partial charge < -0.3 is 5.21 Å². The number of hydrogen-bond donors (Lipinski definition) is 3. The molecule has 5 nitrogen and oxygen atoms in total. The van der Waals surface area contributed by atoms with Crippen molar-refractivity contribution in [2.24, 2.45) is 0 Å². The van der Waals surface area contributed by atoms with Gasteiger partial charge in [0.25, 0.3) is 10.2 Å². The fourth-order valence-electron chi connectivity index (χ4n) is 0.426. The molecule has 0 aliphatic carbocycles. The Hall–Kier alpha value is -0.170. The van der Waals surface area contributed by atoms with E-state index in [2.05, 4.69) is 4.72 Å². The van der Waals surface area contributed by atoms with E-state index in [9.17, 15) is 8.42 Å². The summed E-state index contributed by atoms with van der Waals surface area (Å²) < 4.78 is 23.2. The second-order valence-electron chi connectivity index (χ2n) is 2.95. The zero-order chi connectivity index (χ0) is 8.41. The molecule has 0 radical (unpaired) electrons. The number of rotatable bonds is 2. The largest absolute Gasteiger partial charge is 0.301 e. The van der Waals surface area contributed by atoms with Crippen molar-refractivity contribution in [3.63, 3.8) is 0 Å². The SMILES string of the molecule is CC(C)(C)NS(=O)(=O)NO. The van der Waals surface area contributed by atoms with Crippen molar-refractivity contribution in [3.05, 3.63) is 0 Å². The number of hydrogen-bond acceptors (Lipinski definition) is 3. The lowest BCUT2D eigenvalue weighted by atomic mass is 10.1. The van der Waals surface area contributed by atoms with Crippen molar-refractivity contribution in [2.75, 3.05) is 0 Å². The van der Waals surface area contributed by atoms with Crippen LogP contribution in [0.2, 0.25) is 0 Å². The van der Waals surface area contributed by atoms with Gasteiger partial charge in [0.15, 0.2) is 0 Å². The summed E-state index contributed by atoms with van der Waals surface area (Å²) in [6.07, 6.45) is 0. The van der Waals surface area contributed by atoms with Crippen molar-refractivity contribution in [1.29, 1.82) is 0 Å². The molecule has 0 aliphatic rings. The molecule has 0 saturated carbocycles. The zero-order valence-corrected chi connectivity index (χ0v) is 6.99. The minimum atomic E-state index is -3.72. The number of nitrogens with one attached hydrogen (secondary N) is 2. The summed E-state index contributed by atoms with van der Waals surface area (Å²) in [6.45, 7) is 5.01. The molecule has 0 aromatic heterocycles. The Bertz CT molecular complexity index is 191. The predicted molar refractivity (Wildman–Crippen MR) is 36.7 cm³/mol. The van der Waals surface area contributed by atoms with Crippen LogP contribution < -0.4 is 9.61 Å². The molecule has 0 aromatic rings. The maximum atomic E-state index is 10.5. The van der Waals surface area contributed by atoms with Crippen LogP contribution in [0, 0.1) is 0 Å². The minimum Gasteiger partial charge on any atom is -0.301 e. The van der Waals surface area contributed by atoms with Gasteiger partial charge in [-0.25, -0.2) is 0 Å². The van der Waals surface area contributed by atoms with Gasteiger partial charge in [-0.15, -0.1) is 0 Å². The third kappa shape index (κ3) is 4.68. The first-order valence-electron chi connectivity index (χ1n) is 2.72. The summed E-state index contributed by atoms with van der Waals surface area (Å²) in [4.78, 5) is 1.16. The Morgan fingerprint density at radius 2 is 1.70 bits per heavy atom. The summed E-state index contributed by atoms with van der Waals surface area (Å²) in [5, 5.41) is 8.06. The molecular weight excluding hydrogens is 156 g/mol. The van der Waals surface area contributed by atoms with Crippen LogP contribution in [0.15, 0.2) is 0 Å². The third-order valence-electron chi connectivity index (χ3n) is 0.561. The first kappa shape index (κ1) is 9.83. The van der Waals surface area contributed by atoms with Gasteiger partial charge in [0.2, 0.25) is 0 Å². The minimum absolute atomic E-state index is 0.575. The summed E-state index contributed by atoms with van der Waals surface area (Å²) in [7, 11) is -3.72. The second kappa shape index (κ2) is 2.83. The maximum Gasteiger partial charge on any atom is 0.299 e. The molecule has 0 aliphatic heterocycles. The molecule has 3 N–H and O–H groups in total. The average Bonchev–Trinajstić information content (AvgIpc) is 1.60. The third-order valence-corrected chi connectivity index (χ3v) is 1.68. The van der Waals surface area contributed by atoms with Crippen molar-refractivity contribution in [3.8, 4) is 0 Å².